The second-order valence-corrected chi connectivity index (χ2v) is 7.09. The van der Waals surface area contributed by atoms with Gasteiger partial charge >= 0.3 is 0 Å². The molecule has 0 saturated carbocycles. The molecule has 1 aliphatic heterocycles. The molecular formula is C21H22N4O. The normalized spacial score (nSPS) is 14.8. The summed E-state index contributed by atoms with van der Waals surface area (Å²) in [5.74, 6) is 0.976. The fraction of sp³-hybridized carbons (Fsp3) is 0.238. The van der Waals surface area contributed by atoms with Gasteiger partial charge in [0.25, 0.3) is 0 Å². The number of hydrogen-bond donors (Lipinski definition) is 3. The summed E-state index contributed by atoms with van der Waals surface area (Å²) in [6, 6.07) is 10.2. The molecule has 5 nitrogen and oxygen atoms in total. The fourth-order valence-electron chi connectivity index (χ4n) is 3.53. The number of benzene rings is 2. The Morgan fingerprint density at radius 3 is 2.50 bits per heavy atom. The largest absolute Gasteiger partial charge is 0.509 e. The molecule has 0 fully saturated rings. The van der Waals surface area contributed by atoms with Crippen LogP contribution in [0.25, 0.3) is 16.6 Å². The van der Waals surface area contributed by atoms with E-state index in [4.69, 9.17) is 5.41 Å². The average molecular weight is 346 g/mol. The molecular weight excluding hydrogens is 324 g/mol. The molecule has 2 heterocycles. The van der Waals surface area contributed by atoms with Gasteiger partial charge in [-0.25, -0.2) is 4.98 Å². The summed E-state index contributed by atoms with van der Waals surface area (Å²) in [5, 5.41) is 19.2. The Bertz CT molecular complexity index is 1050. The number of aliphatic hydroxyl groups is 1. The van der Waals surface area contributed by atoms with Crippen molar-refractivity contribution in [3.8, 4) is 0 Å². The number of hydrogen-bond acceptors (Lipinski definition) is 3. The lowest BCUT2D eigenvalue weighted by atomic mass is 10.1. The van der Waals surface area contributed by atoms with Crippen molar-refractivity contribution in [2.24, 2.45) is 0 Å². The van der Waals surface area contributed by atoms with Crippen LogP contribution in [0.5, 0.6) is 0 Å². The van der Waals surface area contributed by atoms with Crippen molar-refractivity contribution in [1.82, 2.24) is 9.97 Å². The van der Waals surface area contributed by atoms with Crippen LogP contribution in [0.2, 0.25) is 0 Å². The van der Waals surface area contributed by atoms with Crippen LogP contribution >= 0.6 is 0 Å². The first kappa shape index (κ1) is 16.4. The van der Waals surface area contributed by atoms with Crippen molar-refractivity contribution >= 4 is 28.1 Å². The third kappa shape index (κ3) is 2.47. The Morgan fingerprint density at radius 2 is 1.77 bits per heavy atom. The number of anilines is 1. The quantitative estimate of drug-likeness (QED) is 0.636. The summed E-state index contributed by atoms with van der Waals surface area (Å²) in [5.41, 5.74) is 7.79. The third-order valence-electron chi connectivity index (χ3n) is 5.08. The van der Waals surface area contributed by atoms with E-state index in [1.54, 1.807) is 0 Å². The molecule has 0 atom stereocenters. The molecule has 1 aromatic heterocycles. The molecule has 0 spiro atoms. The predicted octanol–water partition coefficient (Wildman–Crippen LogP) is 4.56. The number of rotatable bonds is 2. The van der Waals surface area contributed by atoms with Crippen molar-refractivity contribution in [3.05, 3.63) is 64.2 Å². The van der Waals surface area contributed by atoms with Crippen LogP contribution in [-0.4, -0.2) is 27.5 Å². The first-order valence-corrected chi connectivity index (χ1v) is 8.68. The number of aryl methyl sites for hydroxylation is 4. The van der Waals surface area contributed by atoms with Crippen LogP contribution < -0.4 is 4.90 Å². The zero-order valence-corrected chi connectivity index (χ0v) is 15.4. The van der Waals surface area contributed by atoms with Gasteiger partial charge in [0.05, 0.1) is 23.2 Å². The molecule has 5 heteroatoms. The maximum Gasteiger partial charge on any atom is 0.145 e. The van der Waals surface area contributed by atoms with E-state index in [2.05, 4.69) is 35.9 Å². The molecule has 1 aliphatic rings. The predicted molar refractivity (Wildman–Crippen MR) is 106 cm³/mol. The molecule has 2 aromatic carbocycles. The molecule has 3 N–H and O–H groups in total. The minimum atomic E-state index is 0.169. The lowest BCUT2D eigenvalue weighted by molar-refractivity contribution is 0.411. The van der Waals surface area contributed by atoms with Crippen LogP contribution in [0.1, 0.15) is 28.1 Å². The zero-order valence-electron chi connectivity index (χ0n) is 15.4. The Kier molecular flexibility index (Phi) is 3.61. The summed E-state index contributed by atoms with van der Waals surface area (Å²) in [6.07, 6.45) is 0. The van der Waals surface area contributed by atoms with Gasteiger partial charge in [0.1, 0.15) is 17.4 Å². The Morgan fingerprint density at radius 1 is 1.04 bits per heavy atom. The Hall–Kier alpha value is -3.08. The number of nitrogens with zero attached hydrogens (tertiary/aromatic N) is 2. The number of aromatic nitrogens is 2. The van der Waals surface area contributed by atoms with Gasteiger partial charge in [-0.05, 0) is 62.6 Å². The number of H-pyrrole nitrogens is 1. The first-order chi connectivity index (χ1) is 12.3. The summed E-state index contributed by atoms with van der Waals surface area (Å²) >= 11 is 0. The maximum atomic E-state index is 10.6. The molecule has 4 rings (SSSR count). The number of amidine groups is 1. The highest BCUT2D eigenvalue weighted by Gasteiger charge is 2.32. The highest BCUT2D eigenvalue weighted by atomic mass is 16.3. The SMILES string of the molecule is Cc1ccc(N2CC(O)=C(c3nc4cc(C)c(C)cc4[nH]3)C2=N)c(C)c1. The standard InChI is InChI=1S/C21H22N4O/c1-11-5-6-17(14(4)7-11)25-10-18(26)19(20(25)22)21-23-15-8-12(2)13(3)9-16(15)24-21/h5-9,22,26H,10H2,1-4H3,(H,23,24). The zero-order chi connectivity index (χ0) is 18.6. The van der Waals surface area contributed by atoms with Crippen molar-refractivity contribution < 1.29 is 5.11 Å². The van der Waals surface area contributed by atoms with Gasteiger partial charge in [0, 0.05) is 5.69 Å². The smallest absolute Gasteiger partial charge is 0.145 e. The van der Waals surface area contributed by atoms with Crippen molar-refractivity contribution in [2.75, 3.05) is 11.4 Å². The van der Waals surface area contributed by atoms with Crippen LogP contribution in [0.15, 0.2) is 36.1 Å². The van der Waals surface area contributed by atoms with E-state index in [9.17, 15) is 5.11 Å². The monoisotopic (exact) mass is 346 g/mol. The summed E-state index contributed by atoms with van der Waals surface area (Å²) in [4.78, 5) is 9.71. The minimum absolute atomic E-state index is 0.169. The number of aliphatic hydroxyl groups excluding tert-OH is 1. The second kappa shape index (κ2) is 5.73. The number of imidazole rings is 1. The van der Waals surface area contributed by atoms with E-state index in [-0.39, 0.29) is 18.1 Å². The number of aromatic amines is 1. The lowest BCUT2D eigenvalue weighted by Gasteiger charge is -2.21. The average Bonchev–Trinajstić information content (AvgIpc) is 3.08. The highest BCUT2D eigenvalue weighted by Crippen LogP contribution is 2.33. The first-order valence-electron chi connectivity index (χ1n) is 8.68. The van der Waals surface area contributed by atoms with E-state index in [1.165, 1.54) is 16.7 Å². The topological polar surface area (TPSA) is 76.0 Å². The minimum Gasteiger partial charge on any atom is -0.509 e. The molecule has 132 valence electrons. The van der Waals surface area contributed by atoms with Gasteiger partial charge in [0.2, 0.25) is 0 Å². The second-order valence-electron chi connectivity index (χ2n) is 7.09. The van der Waals surface area contributed by atoms with Crippen molar-refractivity contribution in [2.45, 2.75) is 27.7 Å². The third-order valence-corrected chi connectivity index (χ3v) is 5.08. The molecule has 0 amide bonds. The van der Waals surface area contributed by atoms with E-state index in [0.717, 1.165) is 22.3 Å². The van der Waals surface area contributed by atoms with Crippen molar-refractivity contribution in [3.63, 3.8) is 0 Å². The summed E-state index contributed by atoms with van der Waals surface area (Å²) in [6.45, 7) is 8.47. The molecule has 0 aliphatic carbocycles. The van der Waals surface area contributed by atoms with E-state index < -0.39 is 0 Å². The van der Waals surface area contributed by atoms with Gasteiger partial charge in [0.15, 0.2) is 0 Å². The Labute approximate surface area is 152 Å². The van der Waals surface area contributed by atoms with E-state index in [0.29, 0.717) is 11.4 Å². The summed E-state index contributed by atoms with van der Waals surface area (Å²) < 4.78 is 0. The number of fused-ring (bicyclic) bond motifs is 1. The van der Waals surface area contributed by atoms with Crippen LogP contribution in [0.4, 0.5) is 5.69 Å². The lowest BCUT2D eigenvalue weighted by Crippen LogP contribution is -2.27. The fourth-order valence-corrected chi connectivity index (χ4v) is 3.53. The van der Waals surface area contributed by atoms with Gasteiger partial charge in [-0.3, -0.25) is 5.41 Å². The summed E-state index contributed by atoms with van der Waals surface area (Å²) in [7, 11) is 0. The molecule has 0 saturated heterocycles. The molecule has 0 unspecified atom stereocenters. The van der Waals surface area contributed by atoms with Crippen LogP contribution in [0, 0.1) is 33.1 Å². The molecule has 0 bridgehead atoms. The van der Waals surface area contributed by atoms with E-state index >= 15 is 0 Å². The Balaban J connectivity index is 1.75. The van der Waals surface area contributed by atoms with E-state index in [1.807, 2.05) is 36.9 Å². The number of nitrogens with one attached hydrogen (secondary N) is 2. The molecule has 0 radical (unpaired) electrons. The maximum absolute atomic E-state index is 10.6. The molecule has 26 heavy (non-hydrogen) atoms. The van der Waals surface area contributed by atoms with Gasteiger partial charge in [-0.1, -0.05) is 17.7 Å². The van der Waals surface area contributed by atoms with Gasteiger partial charge < -0.3 is 15.0 Å². The van der Waals surface area contributed by atoms with Gasteiger partial charge in [-0.15, -0.1) is 0 Å². The molecule has 3 aromatic rings. The van der Waals surface area contributed by atoms with Crippen LogP contribution in [0.3, 0.4) is 0 Å². The van der Waals surface area contributed by atoms with Crippen LogP contribution in [-0.2, 0) is 0 Å². The highest BCUT2D eigenvalue weighted by molar-refractivity contribution is 6.30. The van der Waals surface area contributed by atoms with Gasteiger partial charge in [-0.2, -0.15) is 0 Å². The van der Waals surface area contributed by atoms with Crippen molar-refractivity contribution in [1.29, 1.82) is 5.41 Å².